The summed E-state index contributed by atoms with van der Waals surface area (Å²) in [6, 6.07) is 13.4. The topological polar surface area (TPSA) is 97.1 Å². The molecule has 3 rings (SSSR count). The lowest BCUT2D eigenvalue weighted by atomic mass is 10.1. The van der Waals surface area contributed by atoms with Gasteiger partial charge in [-0.05, 0) is 55.5 Å². The number of anilines is 1. The number of phenolic OH excluding ortho intramolecular Hbond substituents is 1. The van der Waals surface area contributed by atoms with E-state index in [2.05, 4.69) is 15.5 Å². The molecule has 0 fully saturated rings. The molecule has 27 heavy (non-hydrogen) atoms. The number of Topliss-reactive ketones (excluding diaryl/α,β-unsaturated/α-hetero) is 1. The van der Waals surface area contributed by atoms with Crippen molar-refractivity contribution in [3.05, 3.63) is 54.1 Å². The quantitative estimate of drug-likeness (QED) is 0.502. The number of amides is 1. The van der Waals surface area contributed by atoms with Crippen molar-refractivity contribution in [2.45, 2.75) is 12.1 Å². The van der Waals surface area contributed by atoms with Gasteiger partial charge in [0.1, 0.15) is 5.75 Å². The van der Waals surface area contributed by atoms with Gasteiger partial charge >= 0.3 is 0 Å². The minimum atomic E-state index is -0.176. The number of hydrogen-bond donors (Lipinski definition) is 2. The number of rotatable bonds is 6. The van der Waals surface area contributed by atoms with Crippen molar-refractivity contribution in [1.82, 2.24) is 14.8 Å². The number of nitrogens with zero attached hydrogens (tertiary/aromatic N) is 3. The molecule has 8 heteroatoms. The summed E-state index contributed by atoms with van der Waals surface area (Å²) in [4.78, 5) is 23.4. The van der Waals surface area contributed by atoms with Crippen LogP contribution >= 0.6 is 11.8 Å². The normalized spacial score (nSPS) is 10.6. The van der Waals surface area contributed by atoms with E-state index in [0.29, 0.717) is 22.2 Å². The SMILES string of the molecule is CC(=O)c1ccc(NC(=O)CSc2nnc(-c3ccc(O)cc3)n2C)cc1. The predicted molar refractivity (Wildman–Crippen MR) is 104 cm³/mol. The maximum Gasteiger partial charge on any atom is 0.234 e. The third-order valence-electron chi connectivity index (χ3n) is 3.87. The van der Waals surface area contributed by atoms with Crippen LogP contribution in [0.1, 0.15) is 17.3 Å². The summed E-state index contributed by atoms with van der Waals surface area (Å²) in [5, 5.41) is 21.0. The summed E-state index contributed by atoms with van der Waals surface area (Å²) in [7, 11) is 1.82. The van der Waals surface area contributed by atoms with Gasteiger partial charge in [-0.3, -0.25) is 9.59 Å². The number of benzene rings is 2. The molecule has 0 aliphatic carbocycles. The minimum Gasteiger partial charge on any atom is -0.508 e. The van der Waals surface area contributed by atoms with E-state index in [0.717, 1.165) is 5.56 Å². The first-order valence-corrected chi connectivity index (χ1v) is 9.15. The Morgan fingerprint density at radius 3 is 2.37 bits per heavy atom. The first kappa shape index (κ1) is 18.7. The zero-order valence-corrected chi connectivity index (χ0v) is 15.7. The monoisotopic (exact) mass is 382 g/mol. The van der Waals surface area contributed by atoms with Gasteiger partial charge < -0.3 is 15.0 Å². The van der Waals surface area contributed by atoms with E-state index in [-0.39, 0.29) is 23.2 Å². The van der Waals surface area contributed by atoms with Crippen molar-refractivity contribution in [3.63, 3.8) is 0 Å². The number of thioether (sulfide) groups is 1. The maximum absolute atomic E-state index is 12.1. The largest absolute Gasteiger partial charge is 0.508 e. The Morgan fingerprint density at radius 1 is 1.07 bits per heavy atom. The Morgan fingerprint density at radius 2 is 1.74 bits per heavy atom. The fourth-order valence-electron chi connectivity index (χ4n) is 2.42. The second-order valence-electron chi connectivity index (χ2n) is 5.88. The van der Waals surface area contributed by atoms with Crippen LogP contribution in [0.2, 0.25) is 0 Å². The van der Waals surface area contributed by atoms with Crippen LogP contribution in [0.15, 0.2) is 53.7 Å². The van der Waals surface area contributed by atoms with E-state index in [1.165, 1.54) is 18.7 Å². The highest BCUT2D eigenvalue weighted by atomic mass is 32.2. The molecule has 0 atom stereocenters. The first-order valence-electron chi connectivity index (χ1n) is 8.16. The molecule has 0 aliphatic rings. The van der Waals surface area contributed by atoms with Crippen LogP contribution in [-0.2, 0) is 11.8 Å². The van der Waals surface area contributed by atoms with Gasteiger partial charge in [-0.1, -0.05) is 11.8 Å². The molecule has 1 amide bonds. The highest BCUT2D eigenvalue weighted by Crippen LogP contribution is 2.24. The molecule has 7 nitrogen and oxygen atoms in total. The molecule has 2 N–H and O–H groups in total. The number of carbonyl (C=O) groups excluding carboxylic acids is 2. The third-order valence-corrected chi connectivity index (χ3v) is 4.89. The number of carbonyl (C=O) groups is 2. The molecule has 138 valence electrons. The van der Waals surface area contributed by atoms with Crippen LogP contribution in [-0.4, -0.2) is 37.3 Å². The Hall–Kier alpha value is -3.13. The molecule has 1 aromatic heterocycles. The lowest BCUT2D eigenvalue weighted by molar-refractivity contribution is -0.113. The molecule has 0 saturated heterocycles. The van der Waals surface area contributed by atoms with E-state index in [9.17, 15) is 14.7 Å². The maximum atomic E-state index is 12.1. The zero-order chi connectivity index (χ0) is 19.4. The van der Waals surface area contributed by atoms with E-state index < -0.39 is 0 Å². The Kier molecular flexibility index (Phi) is 5.56. The number of ketones is 1. The van der Waals surface area contributed by atoms with Gasteiger partial charge in [-0.15, -0.1) is 10.2 Å². The van der Waals surface area contributed by atoms with Crippen molar-refractivity contribution in [3.8, 4) is 17.1 Å². The number of aromatic nitrogens is 3. The number of hydrogen-bond acceptors (Lipinski definition) is 6. The van der Waals surface area contributed by atoms with Crippen LogP contribution in [0, 0.1) is 0 Å². The van der Waals surface area contributed by atoms with Gasteiger partial charge in [0.05, 0.1) is 5.75 Å². The molecule has 0 spiro atoms. The molecule has 2 aromatic carbocycles. The van der Waals surface area contributed by atoms with Gasteiger partial charge in [-0.25, -0.2) is 0 Å². The van der Waals surface area contributed by atoms with Gasteiger partial charge in [0.25, 0.3) is 0 Å². The molecule has 1 heterocycles. The predicted octanol–water partition coefficient (Wildman–Crippen LogP) is 3.12. The molecule has 0 aliphatic heterocycles. The molecule has 0 saturated carbocycles. The van der Waals surface area contributed by atoms with Crippen LogP contribution in [0.4, 0.5) is 5.69 Å². The van der Waals surface area contributed by atoms with Crippen LogP contribution < -0.4 is 5.32 Å². The lowest BCUT2D eigenvalue weighted by Gasteiger charge is -2.06. The average molecular weight is 382 g/mol. The number of nitrogens with one attached hydrogen (secondary N) is 1. The average Bonchev–Trinajstić information content (AvgIpc) is 3.02. The Labute approximate surface area is 160 Å². The highest BCUT2D eigenvalue weighted by molar-refractivity contribution is 7.99. The van der Waals surface area contributed by atoms with Crippen molar-refractivity contribution in [2.75, 3.05) is 11.1 Å². The van der Waals surface area contributed by atoms with E-state index in [1.807, 2.05) is 7.05 Å². The standard InChI is InChI=1S/C19H18N4O3S/c1-12(24)13-3-7-15(8-4-13)20-17(26)11-27-19-22-21-18(23(19)2)14-5-9-16(25)10-6-14/h3-10,25H,11H2,1-2H3,(H,20,26). The fourth-order valence-corrected chi connectivity index (χ4v) is 3.13. The summed E-state index contributed by atoms with van der Waals surface area (Å²) in [5.74, 6) is 0.817. The molecule has 3 aromatic rings. The lowest BCUT2D eigenvalue weighted by Crippen LogP contribution is -2.14. The molecule has 0 bridgehead atoms. The Balaban J connectivity index is 1.60. The number of aromatic hydroxyl groups is 1. The smallest absolute Gasteiger partial charge is 0.234 e. The van der Waals surface area contributed by atoms with Crippen molar-refractivity contribution in [2.24, 2.45) is 7.05 Å². The fraction of sp³-hybridized carbons (Fsp3) is 0.158. The minimum absolute atomic E-state index is 0.0184. The van der Waals surface area contributed by atoms with Crippen molar-refractivity contribution >= 4 is 29.1 Å². The van der Waals surface area contributed by atoms with Gasteiger partial charge in [0, 0.05) is 23.9 Å². The van der Waals surface area contributed by atoms with Crippen LogP contribution in [0.25, 0.3) is 11.4 Å². The molecule has 0 unspecified atom stereocenters. The summed E-state index contributed by atoms with van der Waals surface area (Å²) in [6.45, 7) is 1.50. The van der Waals surface area contributed by atoms with Gasteiger partial charge in [-0.2, -0.15) is 0 Å². The summed E-state index contributed by atoms with van der Waals surface area (Å²) in [6.07, 6.45) is 0. The number of phenols is 1. The highest BCUT2D eigenvalue weighted by Gasteiger charge is 2.13. The molecule has 0 radical (unpaired) electrons. The van der Waals surface area contributed by atoms with E-state index in [4.69, 9.17) is 0 Å². The zero-order valence-electron chi connectivity index (χ0n) is 14.8. The van der Waals surface area contributed by atoms with Gasteiger partial charge in [0.15, 0.2) is 16.8 Å². The van der Waals surface area contributed by atoms with Crippen molar-refractivity contribution in [1.29, 1.82) is 0 Å². The second-order valence-corrected chi connectivity index (χ2v) is 6.82. The second kappa shape index (κ2) is 8.05. The summed E-state index contributed by atoms with van der Waals surface area (Å²) >= 11 is 1.27. The molecular weight excluding hydrogens is 364 g/mol. The van der Waals surface area contributed by atoms with Crippen LogP contribution in [0.5, 0.6) is 5.75 Å². The first-order chi connectivity index (χ1) is 12.9. The summed E-state index contributed by atoms with van der Waals surface area (Å²) in [5.41, 5.74) is 2.06. The Bertz CT molecular complexity index is 966. The van der Waals surface area contributed by atoms with E-state index in [1.54, 1.807) is 53.1 Å². The van der Waals surface area contributed by atoms with Crippen molar-refractivity contribution < 1.29 is 14.7 Å². The van der Waals surface area contributed by atoms with Crippen LogP contribution in [0.3, 0.4) is 0 Å². The summed E-state index contributed by atoms with van der Waals surface area (Å²) < 4.78 is 1.80. The van der Waals surface area contributed by atoms with Gasteiger partial charge in [0.2, 0.25) is 5.91 Å². The third kappa shape index (κ3) is 4.53. The van der Waals surface area contributed by atoms with E-state index >= 15 is 0 Å². The molecular formula is C19H18N4O3S.